The molecule has 2 aromatic carbocycles. The lowest BCUT2D eigenvalue weighted by Crippen LogP contribution is -2.24. The van der Waals surface area contributed by atoms with Gasteiger partial charge in [0.2, 0.25) is 0 Å². The van der Waals surface area contributed by atoms with Gasteiger partial charge in [0, 0.05) is 45.6 Å². The standard InChI is InChI=1S/C30H42N2O4/c1-22-24(19-25(33)8-5-14-31-16-12-26(34)20-31)7-3-9-28(22)29-10-4-11-30(23(29)2)36-18-6-15-32-17-13-27(35)21-32/h3-4,7,9-11,26-27,34-35H,5-6,8,12-21H2,1-2H3/t26-,27-/m1/s1. The first kappa shape index (κ1) is 26.8. The normalized spacial score (nSPS) is 20.8. The monoisotopic (exact) mass is 494 g/mol. The van der Waals surface area contributed by atoms with Crippen molar-refractivity contribution < 1.29 is 19.7 Å². The van der Waals surface area contributed by atoms with Crippen molar-refractivity contribution >= 4 is 5.78 Å². The van der Waals surface area contributed by atoms with E-state index in [1.54, 1.807) is 0 Å². The van der Waals surface area contributed by atoms with Gasteiger partial charge < -0.3 is 24.7 Å². The molecule has 0 saturated carbocycles. The fourth-order valence-corrected chi connectivity index (χ4v) is 5.53. The predicted octanol–water partition coefficient (Wildman–Crippen LogP) is 3.76. The maximum Gasteiger partial charge on any atom is 0.137 e. The second kappa shape index (κ2) is 12.8. The number of aliphatic hydroxyl groups is 2. The van der Waals surface area contributed by atoms with Crippen LogP contribution in [-0.4, -0.2) is 83.9 Å². The fraction of sp³-hybridized carbons (Fsp3) is 0.567. The van der Waals surface area contributed by atoms with Crippen LogP contribution in [0.3, 0.4) is 0 Å². The van der Waals surface area contributed by atoms with E-state index in [9.17, 15) is 15.0 Å². The number of carbonyl (C=O) groups is 1. The number of aliphatic hydroxyl groups excluding tert-OH is 2. The van der Waals surface area contributed by atoms with Gasteiger partial charge in [0.25, 0.3) is 0 Å². The Morgan fingerprint density at radius 2 is 1.50 bits per heavy atom. The molecule has 2 aliphatic heterocycles. The van der Waals surface area contributed by atoms with E-state index in [4.69, 9.17) is 4.74 Å². The number of hydrogen-bond donors (Lipinski definition) is 2. The number of benzene rings is 2. The summed E-state index contributed by atoms with van der Waals surface area (Å²) in [6.45, 7) is 10.1. The molecule has 196 valence electrons. The minimum atomic E-state index is -0.205. The Labute approximate surface area is 215 Å². The van der Waals surface area contributed by atoms with Gasteiger partial charge in [-0.25, -0.2) is 0 Å². The Kier molecular flexibility index (Phi) is 9.54. The molecule has 2 aliphatic rings. The lowest BCUT2D eigenvalue weighted by atomic mass is 9.91. The van der Waals surface area contributed by atoms with Gasteiger partial charge in [0.05, 0.1) is 18.8 Å². The SMILES string of the molecule is Cc1c(CC(=O)CCCN2CC[C@@H](O)C2)cccc1-c1cccc(OCCCN2CC[C@@H](O)C2)c1C. The van der Waals surface area contributed by atoms with Crippen molar-refractivity contribution in [3.63, 3.8) is 0 Å². The van der Waals surface area contributed by atoms with E-state index in [2.05, 4.69) is 41.8 Å². The van der Waals surface area contributed by atoms with Crippen LogP contribution >= 0.6 is 0 Å². The van der Waals surface area contributed by atoms with Crippen LogP contribution in [0.25, 0.3) is 11.1 Å². The largest absolute Gasteiger partial charge is 0.493 e. The van der Waals surface area contributed by atoms with Gasteiger partial charge in [-0.2, -0.15) is 0 Å². The molecule has 0 unspecified atom stereocenters. The van der Waals surface area contributed by atoms with Crippen LogP contribution in [0.5, 0.6) is 5.75 Å². The fourth-order valence-electron chi connectivity index (χ4n) is 5.53. The molecule has 0 aromatic heterocycles. The maximum atomic E-state index is 12.7. The quantitative estimate of drug-likeness (QED) is 0.438. The van der Waals surface area contributed by atoms with Gasteiger partial charge in [0.1, 0.15) is 11.5 Å². The molecule has 6 heteroatoms. The Morgan fingerprint density at radius 3 is 2.14 bits per heavy atom. The molecule has 0 aliphatic carbocycles. The summed E-state index contributed by atoms with van der Waals surface area (Å²) in [4.78, 5) is 17.3. The van der Waals surface area contributed by atoms with Crippen molar-refractivity contribution in [3.05, 3.63) is 53.1 Å². The number of ketones is 1. The summed E-state index contributed by atoms with van der Waals surface area (Å²) in [5.74, 6) is 1.18. The van der Waals surface area contributed by atoms with E-state index < -0.39 is 0 Å². The van der Waals surface area contributed by atoms with Gasteiger partial charge in [0.15, 0.2) is 0 Å². The minimum Gasteiger partial charge on any atom is -0.493 e. The van der Waals surface area contributed by atoms with Gasteiger partial charge in [-0.3, -0.25) is 4.79 Å². The Balaban J connectivity index is 1.32. The molecule has 2 atom stereocenters. The number of nitrogens with zero attached hydrogens (tertiary/aromatic N) is 2. The first-order valence-corrected chi connectivity index (χ1v) is 13.5. The van der Waals surface area contributed by atoms with Crippen LogP contribution in [0.4, 0.5) is 0 Å². The molecule has 4 rings (SSSR count). The van der Waals surface area contributed by atoms with Crippen LogP contribution in [0.1, 0.15) is 48.8 Å². The number of likely N-dealkylation sites (tertiary alicyclic amines) is 2. The molecule has 0 radical (unpaired) electrons. The molecule has 2 aromatic rings. The highest BCUT2D eigenvalue weighted by molar-refractivity contribution is 5.82. The third kappa shape index (κ3) is 7.16. The lowest BCUT2D eigenvalue weighted by Gasteiger charge is -2.18. The Hall–Kier alpha value is -2.25. The van der Waals surface area contributed by atoms with E-state index in [0.717, 1.165) is 98.5 Å². The summed E-state index contributed by atoms with van der Waals surface area (Å²) in [7, 11) is 0. The van der Waals surface area contributed by atoms with Gasteiger partial charge >= 0.3 is 0 Å². The summed E-state index contributed by atoms with van der Waals surface area (Å²) in [5, 5.41) is 19.4. The Morgan fingerprint density at radius 1 is 0.889 bits per heavy atom. The van der Waals surface area contributed by atoms with Crippen molar-refractivity contribution in [2.24, 2.45) is 0 Å². The summed E-state index contributed by atoms with van der Waals surface area (Å²) in [5.41, 5.74) is 5.66. The topological polar surface area (TPSA) is 73.2 Å². The smallest absolute Gasteiger partial charge is 0.137 e. The van der Waals surface area contributed by atoms with Crippen molar-refractivity contribution in [1.82, 2.24) is 9.80 Å². The number of ether oxygens (including phenoxy) is 1. The highest BCUT2D eigenvalue weighted by Crippen LogP contribution is 2.33. The van der Waals surface area contributed by atoms with Crippen molar-refractivity contribution in [1.29, 1.82) is 0 Å². The van der Waals surface area contributed by atoms with E-state index in [-0.39, 0.29) is 18.0 Å². The van der Waals surface area contributed by atoms with E-state index in [1.807, 2.05) is 18.2 Å². The molecule has 2 N–H and O–H groups in total. The van der Waals surface area contributed by atoms with E-state index in [1.165, 1.54) is 0 Å². The van der Waals surface area contributed by atoms with E-state index in [0.29, 0.717) is 19.4 Å². The highest BCUT2D eigenvalue weighted by Gasteiger charge is 2.21. The molecule has 36 heavy (non-hydrogen) atoms. The molecule has 6 nitrogen and oxygen atoms in total. The van der Waals surface area contributed by atoms with Gasteiger partial charge in [-0.1, -0.05) is 30.3 Å². The second-order valence-electron chi connectivity index (χ2n) is 10.5. The summed E-state index contributed by atoms with van der Waals surface area (Å²) in [6, 6.07) is 12.5. The van der Waals surface area contributed by atoms with Crippen molar-refractivity contribution in [2.75, 3.05) is 45.9 Å². The minimum absolute atomic E-state index is 0.177. The van der Waals surface area contributed by atoms with Gasteiger partial charge in [-0.05, 0) is 80.0 Å². The predicted molar refractivity (Wildman–Crippen MR) is 144 cm³/mol. The number of β-amino-alcohol motifs (C(OH)–C–C–N with tert-alkyl or cyclic N) is 2. The zero-order valence-electron chi connectivity index (χ0n) is 21.9. The van der Waals surface area contributed by atoms with Crippen molar-refractivity contribution in [3.8, 4) is 16.9 Å². The molecular formula is C30H42N2O4. The summed E-state index contributed by atoms with van der Waals surface area (Å²) >= 11 is 0. The number of carbonyl (C=O) groups excluding carboxylic acids is 1. The average molecular weight is 495 g/mol. The number of rotatable bonds is 12. The number of hydrogen-bond acceptors (Lipinski definition) is 6. The first-order valence-electron chi connectivity index (χ1n) is 13.5. The zero-order chi connectivity index (χ0) is 25.5. The van der Waals surface area contributed by atoms with Crippen LogP contribution in [0.15, 0.2) is 36.4 Å². The Bertz CT molecular complexity index is 1020. The van der Waals surface area contributed by atoms with E-state index >= 15 is 0 Å². The zero-order valence-corrected chi connectivity index (χ0v) is 21.9. The van der Waals surface area contributed by atoms with Crippen LogP contribution in [0, 0.1) is 13.8 Å². The molecule has 2 fully saturated rings. The lowest BCUT2D eigenvalue weighted by molar-refractivity contribution is -0.118. The summed E-state index contributed by atoms with van der Waals surface area (Å²) in [6.07, 6.45) is 4.15. The molecular weight excluding hydrogens is 452 g/mol. The molecule has 2 saturated heterocycles. The third-order valence-electron chi connectivity index (χ3n) is 7.71. The average Bonchev–Trinajstić information content (AvgIpc) is 3.46. The van der Waals surface area contributed by atoms with Gasteiger partial charge in [-0.15, -0.1) is 0 Å². The second-order valence-corrected chi connectivity index (χ2v) is 10.5. The first-order chi connectivity index (χ1) is 17.4. The maximum absolute atomic E-state index is 12.7. The van der Waals surface area contributed by atoms with Crippen LogP contribution in [0.2, 0.25) is 0 Å². The molecule has 2 heterocycles. The molecule has 0 amide bonds. The third-order valence-corrected chi connectivity index (χ3v) is 7.71. The van der Waals surface area contributed by atoms with Crippen LogP contribution in [-0.2, 0) is 11.2 Å². The molecule has 0 spiro atoms. The van der Waals surface area contributed by atoms with Crippen LogP contribution < -0.4 is 4.74 Å². The number of Topliss-reactive ketones (excluding diaryl/α,β-unsaturated/α-hetero) is 1. The van der Waals surface area contributed by atoms with Crippen molar-refractivity contribution in [2.45, 2.75) is 64.6 Å². The molecule has 0 bridgehead atoms. The highest BCUT2D eigenvalue weighted by atomic mass is 16.5. The summed E-state index contributed by atoms with van der Waals surface area (Å²) < 4.78 is 6.15.